The molecule has 0 bridgehead atoms. The van der Waals surface area contributed by atoms with E-state index in [1.54, 1.807) is 0 Å². The van der Waals surface area contributed by atoms with Gasteiger partial charge in [-0.3, -0.25) is 4.79 Å². The maximum Gasteiger partial charge on any atom is 0.226 e. The lowest BCUT2D eigenvalue weighted by molar-refractivity contribution is -0.119. The molecule has 0 fully saturated rings. The fourth-order valence-electron chi connectivity index (χ4n) is 3.03. The number of para-hydroxylation sites is 2. The number of amides is 1. The summed E-state index contributed by atoms with van der Waals surface area (Å²) in [6.45, 7) is 2.80. The molecular formula is C24H32N2O2S. The summed E-state index contributed by atoms with van der Waals surface area (Å²) in [4.78, 5) is 12.0. The molecule has 0 aliphatic heterocycles. The molecule has 0 spiro atoms. The Hall–Kier alpha value is -2.40. The zero-order chi connectivity index (χ0) is 20.7. The Morgan fingerprint density at radius 3 is 2.45 bits per heavy atom. The second-order valence-corrected chi connectivity index (χ2v) is 7.51. The first-order valence-electron chi connectivity index (χ1n) is 10.6. The van der Waals surface area contributed by atoms with Crippen molar-refractivity contribution in [2.75, 3.05) is 11.9 Å². The smallest absolute Gasteiger partial charge is 0.226 e. The normalized spacial score (nSPS) is 10.4. The fourth-order valence-corrected chi connectivity index (χ4v) is 3.25. The molecular weight excluding hydrogens is 380 g/mol. The highest BCUT2D eigenvalue weighted by Gasteiger charge is 2.08. The largest absolute Gasteiger partial charge is 0.491 e. The summed E-state index contributed by atoms with van der Waals surface area (Å²) in [5.41, 5.74) is 2.07. The number of hydrogen-bond donors (Lipinski definition) is 2. The lowest BCUT2D eigenvalue weighted by Crippen LogP contribution is -2.34. The number of unbranched alkanes of at least 4 members (excludes halogenated alkanes) is 4. The van der Waals surface area contributed by atoms with Gasteiger partial charge in [0.15, 0.2) is 5.11 Å². The van der Waals surface area contributed by atoms with E-state index in [1.807, 2.05) is 30.3 Å². The van der Waals surface area contributed by atoms with Crippen molar-refractivity contribution < 1.29 is 9.53 Å². The van der Waals surface area contributed by atoms with Gasteiger partial charge in [-0.1, -0.05) is 75.1 Å². The summed E-state index contributed by atoms with van der Waals surface area (Å²) in [5.74, 6) is 0.692. The van der Waals surface area contributed by atoms with Gasteiger partial charge in [0.1, 0.15) is 5.75 Å². The van der Waals surface area contributed by atoms with E-state index in [9.17, 15) is 4.79 Å². The van der Waals surface area contributed by atoms with Gasteiger partial charge in [-0.25, -0.2) is 0 Å². The molecule has 0 aromatic heterocycles. The number of hydrogen-bond acceptors (Lipinski definition) is 3. The second kappa shape index (κ2) is 13.7. The molecule has 0 heterocycles. The van der Waals surface area contributed by atoms with Crippen LogP contribution in [0.1, 0.15) is 57.4 Å². The van der Waals surface area contributed by atoms with Crippen LogP contribution in [0.2, 0.25) is 0 Å². The average Bonchev–Trinajstić information content (AvgIpc) is 2.73. The standard InChI is InChI=1S/C24H32N2O2S/c1-2-3-4-5-9-18-23(27)26-24(29)25-21-16-10-11-17-22(21)28-19-12-15-20-13-7-6-8-14-20/h6-8,10-11,13-14,16-17H,2-5,9,12,15,18-19H2,1H3,(H2,25,26,27,29). The Balaban J connectivity index is 1.73. The van der Waals surface area contributed by atoms with Gasteiger partial charge in [-0.2, -0.15) is 0 Å². The highest BCUT2D eigenvalue weighted by Crippen LogP contribution is 2.24. The van der Waals surface area contributed by atoms with Crippen molar-refractivity contribution in [1.82, 2.24) is 5.32 Å². The van der Waals surface area contributed by atoms with E-state index < -0.39 is 0 Å². The maximum atomic E-state index is 12.0. The third-order valence-electron chi connectivity index (χ3n) is 4.61. The molecule has 5 heteroatoms. The van der Waals surface area contributed by atoms with Crippen molar-refractivity contribution in [3.8, 4) is 5.75 Å². The number of rotatable bonds is 12. The first-order valence-corrected chi connectivity index (χ1v) is 11.0. The summed E-state index contributed by atoms with van der Waals surface area (Å²) in [6.07, 6.45) is 8.00. The van der Waals surface area contributed by atoms with Crippen molar-refractivity contribution in [2.24, 2.45) is 0 Å². The van der Waals surface area contributed by atoms with E-state index in [0.717, 1.165) is 37.1 Å². The molecule has 0 saturated carbocycles. The summed E-state index contributed by atoms with van der Waals surface area (Å²) in [7, 11) is 0. The highest BCUT2D eigenvalue weighted by atomic mass is 32.1. The highest BCUT2D eigenvalue weighted by molar-refractivity contribution is 7.80. The van der Waals surface area contributed by atoms with Crippen LogP contribution in [0.15, 0.2) is 54.6 Å². The topological polar surface area (TPSA) is 50.4 Å². The number of nitrogens with one attached hydrogen (secondary N) is 2. The molecule has 0 aliphatic rings. The minimum atomic E-state index is -0.0414. The van der Waals surface area contributed by atoms with Crippen molar-refractivity contribution in [2.45, 2.75) is 58.3 Å². The van der Waals surface area contributed by atoms with E-state index in [0.29, 0.717) is 18.1 Å². The number of carbonyl (C=O) groups is 1. The number of aryl methyl sites for hydroxylation is 1. The molecule has 0 unspecified atom stereocenters. The minimum Gasteiger partial charge on any atom is -0.491 e. The number of ether oxygens (including phenoxy) is 1. The van der Waals surface area contributed by atoms with Crippen LogP contribution >= 0.6 is 12.2 Å². The molecule has 156 valence electrons. The van der Waals surface area contributed by atoms with Crippen LogP contribution in [0.4, 0.5) is 5.69 Å². The van der Waals surface area contributed by atoms with Crippen LogP contribution in [-0.2, 0) is 11.2 Å². The van der Waals surface area contributed by atoms with E-state index >= 15 is 0 Å². The van der Waals surface area contributed by atoms with Crippen LogP contribution in [0.3, 0.4) is 0 Å². The number of benzene rings is 2. The zero-order valence-electron chi connectivity index (χ0n) is 17.3. The van der Waals surface area contributed by atoms with Gasteiger partial charge in [0.2, 0.25) is 5.91 Å². The summed E-state index contributed by atoms with van der Waals surface area (Å²) in [5, 5.41) is 6.16. The second-order valence-electron chi connectivity index (χ2n) is 7.10. The van der Waals surface area contributed by atoms with Crippen LogP contribution in [-0.4, -0.2) is 17.6 Å². The van der Waals surface area contributed by atoms with Crippen molar-refractivity contribution in [3.05, 3.63) is 60.2 Å². The van der Waals surface area contributed by atoms with Gasteiger partial charge >= 0.3 is 0 Å². The van der Waals surface area contributed by atoms with Crippen molar-refractivity contribution >= 4 is 28.9 Å². The van der Waals surface area contributed by atoms with Crippen molar-refractivity contribution in [3.63, 3.8) is 0 Å². The molecule has 4 nitrogen and oxygen atoms in total. The molecule has 1 amide bonds. The Bertz CT molecular complexity index is 750. The predicted octanol–water partition coefficient (Wildman–Crippen LogP) is 5.87. The first kappa shape index (κ1) is 22.9. The maximum absolute atomic E-state index is 12.0. The monoisotopic (exact) mass is 412 g/mol. The number of thiocarbonyl (C=S) groups is 1. The third-order valence-corrected chi connectivity index (χ3v) is 4.81. The zero-order valence-corrected chi connectivity index (χ0v) is 18.1. The molecule has 29 heavy (non-hydrogen) atoms. The predicted molar refractivity (Wildman–Crippen MR) is 124 cm³/mol. The van der Waals surface area contributed by atoms with Gasteiger partial charge in [0.25, 0.3) is 0 Å². The molecule has 0 atom stereocenters. The molecule has 0 radical (unpaired) electrons. The molecule has 2 rings (SSSR count). The molecule has 2 aromatic carbocycles. The van der Waals surface area contributed by atoms with Crippen LogP contribution in [0.25, 0.3) is 0 Å². The van der Waals surface area contributed by atoms with Gasteiger partial charge < -0.3 is 15.4 Å². The Morgan fingerprint density at radius 2 is 1.66 bits per heavy atom. The average molecular weight is 413 g/mol. The first-order chi connectivity index (χ1) is 14.2. The molecule has 0 saturated heterocycles. The van der Waals surface area contributed by atoms with Crippen molar-refractivity contribution in [1.29, 1.82) is 0 Å². The Labute approximate surface area is 180 Å². The molecule has 2 N–H and O–H groups in total. The Kier molecular flexibility index (Phi) is 10.8. The van der Waals surface area contributed by atoms with E-state index in [4.69, 9.17) is 17.0 Å². The lowest BCUT2D eigenvalue weighted by Gasteiger charge is -2.14. The fraction of sp³-hybridized carbons (Fsp3) is 0.417. The van der Waals surface area contributed by atoms with E-state index in [-0.39, 0.29) is 5.91 Å². The third kappa shape index (κ3) is 9.57. The molecule has 0 aliphatic carbocycles. The Morgan fingerprint density at radius 1 is 0.931 bits per heavy atom. The lowest BCUT2D eigenvalue weighted by atomic mass is 10.1. The van der Waals surface area contributed by atoms with Crippen LogP contribution < -0.4 is 15.4 Å². The summed E-state index contributed by atoms with van der Waals surface area (Å²) >= 11 is 5.29. The van der Waals surface area contributed by atoms with Crippen LogP contribution in [0.5, 0.6) is 5.75 Å². The van der Waals surface area contributed by atoms with Gasteiger partial charge in [-0.15, -0.1) is 0 Å². The van der Waals surface area contributed by atoms with E-state index in [1.165, 1.54) is 24.8 Å². The SMILES string of the molecule is CCCCCCCC(=O)NC(=S)Nc1ccccc1OCCCc1ccccc1. The quantitative estimate of drug-likeness (QED) is 0.338. The summed E-state index contributed by atoms with van der Waals surface area (Å²) < 4.78 is 5.93. The minimum absolute atomic E-state index is 0.0414. The van der Waals surface area contributed by atoms with E-state index in [2.05, 4.69) is 41.8 Å². The number of carbonyl (C=O) groups excluding carboxylic acids is 1. The molecule has 2 aromatic rings. The summed E-state index contributed by atoms with van der Waals surface area (Å²) in [6, 6.07) is 18.0. The van der Waals surface area contributed by atoms with Crippen LogP contribution in [0, 0.1) is 0 Å². The van der Waals surface area contributed by atoms with Gasteiger partial charge in [0.05, 0.1) is 12.3 Å². The number of anilines is 1. The van der Waals surface area contributed by atoms with Gasteiger partial charge in [-0.05, 0) is 49.2 Å². The van der Waals surface area contributed by atoms with Gasteiger partial charge in [0, 0.05) is 6.42 Å².